The number of carbonyl (C=O) groups excluding carboxylic acids is 1. The molecule has 3 aromatic carbocycles. The van der Waals surface area contributed by atoms with E-state index in [-0.39, 0.29) is 0 Å². The minimum absolute atomic E-state index is 0.489. The molecule has 1 atom stereocenters. The Hall–Kier alpha value is -3.18. The molecule has 136 valence electrons. The lowest BCUT2D eigenvalue weighted by Crippen LogP contribution is -2.32. The van der Waals surface area contributed by atoms with Crippen LogP contribution in [0, 0.1) is 0 Å². The summed E-state index contributed by atoms with van der Waals surface area (Å²) in [6.07, 6.45) is -1.04. The molecule has 5 nitrogen and oxygen atoms in total. The van der Waals surface area contributed by atoms with Gasteiger partial charge in [0.15, 0.2) is 6.17 Å². The van der Waals surface area contributed by atoms with Crippen molar-refractivity contribution in [2.45, 2.75) is 6.17 Å². The van der Waals surface area contributed by atoms with Crippen molar-refractivity contribution in [2.75, 3.05) is 17.1 Å². The Labute approximate surface area is 162 Å². The number of amides is 1. The maximum absolute atomic E-state index is 12.8. The van der Waals surface area contributed by atoms with Gasteiger partial charge in [-0.15, -0.1) is 0 Å². The summed E-state index contributed by atoms with van der Waals surface area (Å²) >= 11 is 6.16. The zero-order chi connectivity index (χ0) is 18.8. The third-order valence-corrected chi connectivity index (χ3v) is 4.59. The molecule has 4 rings (SSSR count). The molecule has 0 N–H and O–H groups in total. The normalized spacial score (nSPS) is 16.4. The molecule has 1 aliphatic heterocycles. The Kier molecular flexibility index (Phi) is 4.60. The van der Waals surface area contributed by atoms with Crippen molar-refractivity contribution in [2.24, 2.45) is 0 Å². The average Bonchev–Trinajstić information content (AvgIpc) is 3.05. The van der Waals surface area contributed by atoms with Gasteiger partial charge in [-0.05, 0) is 36.4 Å². The highest BCUT2D eigenvalue weighted by Gasteiger charge is 2.44. The van der Waals surface area contributed by atoms with E-state index in [2.05, 4.69) is 0 Å². The molecule has 0 aliphatic carbocycles. The Morgan fingerprint density at radius 1 is 0.926 bits per heavy atom. The highest BCUT2D eigenvalue weighted by molar-refractivity contribution is 6.30. The Bertz CT molecular complexity index is 964. The molecule has 3 aromatic rings. The van der Waals surface area contributed by atoms with Crippen molar-refractivity contribution < 1.29 is 14.4 Å². The van der Waals surface area contributed by atoms with Crippen molar-refractivity contribution in [1.29, 1.82) is 0 Å². The van der Waals surface area contributed by atoms with Gasteiger partial charge < -0.3 is 9.57 Å². The third kappa shape index (κ3) is 3.17. The minimum Gasteiger partial charge on any atom is -0.496 e. The molecular weight excluding hydrogens is 364 g/mol. The summed E-state index contributed by atoms with van der Waals surface area (Å²) in [4.78, 5) is 20.0. The van der Waals surface area contributed by atoms with Gasteiger partial charge in [0.2, 0.25) is 0 Å². The number of benzene rings is 3. The molecule has 1 heterocycles. The predicted octanol–water partition coefficient (Wildman–Crippen LogP) is 5.43. The van der Waals surface area contributed by atoms with Crippen LogP contribution in [0.4, 0.5) is 16.2 Å². The fourth-order valence-electron chi connectivity index (χ4n) is 3.17. The molecule has 0 radical (unpaired) electrons. The van der Waals surface area contributed by atoms with Crippen molar-refractivity contribution in [3.63, 3.8) is 0 Å². The van der Waals surface area contributed by atoms with Crippen LogP contribution in [0.3, 0.4) is 0 Å². The Morgan fingerprint density at radius 3 is 2.37 bits per heavy atom. The molecule has 0 saturated carbocycles. The summed E-state index contributed by atoms with van der Waals surface area (Å²) in [5.74, 6) is 0.661. The minimum atomic E-state index is -0.547. The standard InChI is InChI=1S/C21H17ClN2O3/c1-26-19-13-6-5-12-18(19)20-23(17-11-7-8-15(22)14-17)21(25)27-24(20)16-9-3-2-4-10-16/h2-14,20H,1H3/t20-/m0/s1. The summed E-state index contributed by atoms with van der Waals surface area (Å²) in [6, 6.07) is 24.2. The molecule has 0 aromatic heterocycles. The van der Waals surface area contributed by atoms with E-state index in [4.69, 9.17) is 21.2 Å². The Morgan fingerprint density at radius 2 is 1.63 bits per heavy atom. The molecule has 27 heavy (non-hydrogen) atoms. The summed E-state index contributed by atoms with van der Waals surface area (Å²) in [6.45, 7) is 0. The van der Waals surface area contributed by atoms with Gasteiger partial charge in [0, 0.05) is 10.6 Å². The fourth-order valence-corrected chi connectivity index (χ4v) is 3.35. The van der Waals surface area contributed by atoms with E-state index < -0.39 is 12.3 Å². The highest BCUT2D eigenvalue weighted by Crippen LogP contribution is 2.42. The van der Waals surface area contributed by atoms with Crippen LogP contribution in [0.5, 0.6) is 5.75 Å². The van der Waals surface area contributed by atoms with Crippen LogP contribution in [0.2, 0.25) is 5.02 Å². The van der Waals surface area contributed by atoms with Crippen molar-refractivity contribution in [1.82, 2.24) is 0 Å². The van der Waals surface area contributed by atoms with Gasteiger partial charge in [-0.3, -0.25) is 0 Å². The van der Waals surface area contributed by atoms with Gasteiger partial charge in [-0.25, -0.2) is 9.69 Å². The van der Waals surface area contributed by atoms with E-state index in [9.17, 15) is 4.79 Å². The second-order valence-electron chi connectivity index (χ2n) is 5.98. The first kappa shape index (κ1) is 17.2. The number of halogens is 1. The van der Waals surface area contributed by atoms with E-state index in [0.29, 0.717) is 16.5 Å². The smallest absolute Gasteiger partial charge is 0.440 e. The van der Waals surface area contributed by atoms with Gasteiger partial charge in [0.05, 0.1) is 18.5 Å². The number of rotatable bonds is 4. The zero-order valence-electron chi connectivity index (χ0n) is 14.6. The molecule has 1 aliphatic rings. The number of ether oxygens (including phenoxy) is 1. The number of hydrogen-bond donors (Lipinski definition) is 0. The van der Waals surface area contributed by atoms with Crippen LogP contribution >= 0.6 is 11.6 Å². The molecule has 0 spiro atoms. The number of para-hydroxylation sites is 2. The third-order valence-electron chi connectivity index (χ3n) is 4.35. The number of nitrogens with zero attached hydrogens (tertiary/aromatic N) is 2. The summed E-state index contributed by atoms with van der Waals surface area (Å²) < 4.78 is 5.54. The molecule has 1 saturated heterocycles. The number of hydroxylamine groups is 1. The Balaban J connectivity index is 1.88. The molecule has 1 amide bonds. The lowest BCUT2D eigenvalue weighted by Gasteiger charge is -2.28. The van der Waals surface area contributed by atoms with Crippen molar-refractivity contribution >= 4 is 29.1 Å². The van der Waals surface area contributed by atoms with Crippen LogP contribution in [0.1, 0.15) is 11.7 Å². The lowest BCUT2D eigenvalue weighted by atomic mass is 10.1. The van der Waals surface area contributed by atoms with Gasteiger partial charge in [-0.1, -0.05) is 54.1 Å². The zero-order valence-corrected chi connectivity index (χ0v) is 15.3. The van der Waals surface area contributed by atoms with Crippen LogP contribution in [-0.2, 0) is 4.84 Å². The molecule has 0 unspecified atom stereocenters. The SMILES string of the molecule is COc1ccccc1[C@@H]1N(c2ccccc2)OC(=O)N1c1cccc(Cl)c1. The molecule has 0 bridgehead atoms. The van der Waals surface area contributed by atoms with E-state index >= 15 is 0 Å². The molecule has 1 fully saturated rings. The quantitative estimate of drug-likeness (QED) is 0.605. The van der Waals surface area contributed by atoms with Gasteiger partial charge in [0.1, 0.15) is 5.75 Å². The van der Waals surface area contributed by atoms with Crippen LogP contribution in [-0.4, -0.2) is 13.2 Å². The van der Waals surface area contributed by atoms with E-state index in [1.165, 1.54) is 0 Å². The maximum Gasteiger partial charge on any atom is 0.440 e. The lowest BCUT2D eigenvalue weighted by molar-refractivity contribution is 0.164. The molecular formula is C21H17ClN2O3. The molecule has 6 heteroatoms. The van der Waals surface area contributed by atoms with Crippen molar-refractivity contribution in [3.05, 3.63) is 89.4 Å². The maximum atomic E-state index is 12.8. The summed E-state index contributed by atoms with van der Waals surface area (Å²) in [5.41, 5.74) is 2.20. The second-order valence-corrected chi connectivity index (χ2v) is 6.42. The van der Waals surface area contributed by atoms with E-state index in [1.807, 2.05) is 60.7 Å². The number of hydrogen-bond acceptors (Lipinski definition) is 4. The van der Waals surface area contributed by atoms with Crippen LogP contribution in [0.15, 0.2) is 78.9 Å². The first-order valence-electron chi connectivity index (χ1n) is 8.43. The summed E-state index contributed by atoms with van der Waals surface area (Å²) in [5, 5.41) is 2.12. The fraction of sp³-hybridized carbons (Fsp3) is 0.0952. The predicted molar refractivity (Wildman–Crippen MR) is 105 cm³/mol. The summed E-state index contributed by atoms with van der Waals surface area (Å²) in [7, 11) is 1.60. The monoisotopic (exact) mass is 380 g/mol. The van der Waals surface area contributed by atoms with Crippen LogP contribution < -0.4 is 14.7 Å². The van der Waals surface area contributed by atoms with Gasteiger partial charge >= 0.3 is 6.09 Å². The average molecular weight is 381 g/mol. The number of carbonyl (C=O) groups is 1. The van der Waals surface area contributed by atoms with Gasteiger partial charge in [-0.2, -0.15) is 5.06 Å². The second kappa shape index (κ2) is 7.21. The largest absolute Gasteiger partial charge is 0.496 e. The van der Waals surface area contributed by atoms with E-state index in [0.717, 1.165) is 11.3 Å². The highest BCUT2D eigenvalue weighted by atomic mass is 35.5. The van der Waals surface area contributed by atoms with Crippen LogP contribution in [0.25, 0.3) is 0 Å². The van der Waals surface area contributed by atoms with E-state index in [1.54, 1.807) is 35.3 Å². The van der Waals surface area contributed by atoms with Crippen molar-refractivity contribution in [3.8, 4) is 5.75 Å². The number of methoxy groups -OCH3 is 1. The van der Waals surface area contributed by atoms with Gasteiger partial charge in [0.25, 0.3) is 0 Å². The first-order chi connectivity index (χ1) is 13.2. The topological polar surface area (TPSA) is 42.0 Å². The number of anilines is 2. The first-order valence-corrected chi connectivity index (χ1v) is 8.81.